The third-order valence-electron chi connectivity index (χ3n) is 4.49. The molecule has 1 unspecified atom stereocenters. The average molecular weight is 345 g/mol. The number of rotatable bonds is 4. The zero-order chi connectivity index (χ0) is 18.1. The molecule has 2 aromatic heterocycles. The van der Waals surface area contributed by atoms with Crippen molar-refractivity contribution >= 4 is 16.9 Å². The van der Waals surface area contributed by atoms with E-state index in [1.807, 2.05) is 68.4 Å². The van der Waals surface area contributed by atoms with Gasteiger partial charge >= 0.3 is 0 Å². The number of amides is 1. The molecular weight excluding hydrogens is 326 g/mol. The molecule has 0 bridgehead atoms. The summed E-state index contributed by atoms with van der Waals surface area (Å²) in [5.41, 5.74) is 3.30. The van der Waals surface area contributed by atoms with Gasteiger partial charge in [0.15, 0.2) is 0 Å². The Bertz CT molecular complexity index is 1060. The van der Waals surface area contributed by atoms with E-state index in [-0.39, 0.29) is 11.9 Å². The topological polar surface area (TPSA) is 60.1 Å². The second kappa shape index (κ2) is 6.52. The van der Waals surface area contributed by atoms with Crippen LogP contribution < -0.4 is 5.32 Å². The standard InChI is InChI=1S/C21H19N3O2/c1-14-18-10-6-7-11-19(18)26-20(14)15(2)23-21(25)16-12-22-24(13-16)17-8-4-3-5-9-17/h3-13,15H,1-2H3,(H,23,25). The van der Waals surface area contributed by atoms with Gasteiger partial charge in [0.25, 0.3) is 5.91 Å². The Hall–Kier alpha value is -3.34. The van der Waals surface area contributed by atoms with E-state index in [2.05, 4.69) is 10.4 Å². The number of aryl methyl sites for hydroxylation is 1. The molecule has 0 aliphatic rings. The quantitative estimate of drug-likeness (QED) is 0.596. The van der Waals surface area contributed by atoms with Gasteiger partial charge in [-0.05, 0) is 32.0 Å². The SMILES string of the molecule is Cc1c(C(C)NC(=O)c2cnn(-c3ccccc3)c2)oc2ccccc12. The second-order valence-electron chi connectivity index (χ2n) is 6.29. The van der Waals surface area contributed by atoms with E-state index in [0.29, 0.717) is 5.56 Å². The monoisotopic (exact) mass is 345 g/mol. The third kappa shape index (κ3) is 2.88. The Morgan fingerprint density at radius 2 is 1.85 bits per heavy atom. The lowest BCUT2D eigenvalue weighted by molar-refractivity contribution is 0.0935. The van der Waals surface area contributed by atoms with Gasteiger partial charge in [-0.15, -0.1) is 0 Å². The van der Waals surface area contributed by atoms with Gasteiger partial charge < -0.3 is 9.73 Å². The summed E-state index contributed by atoms with van der Waals surface area (Å²) >= 11 is 0. The fourth-order valence-corrected chi connectivity index (χ4v) is 3.11. The summed E-state index contributed by atoms with van der Waals surface area (Å²) in [5, 5.41) is 8.34. The maximum absolute atomic E-state index is 12.6. The van der Waals surface area contributed by atoms with Crippen LogP contribution in [0.25, 0.3) is 16.7 Å². The Kier molecular flexibility index (Phi) is 4.05. The molecule has 4 aromatic rings. The molecule has 4 rings (SSSR count). The van der Waals surface area contributed by atoms with Crippen LogP contribution in [0.1, 0.15) is 34.6 Å². The molecule has 2 aromatic carbocycles. The number of nitrogens with zero attached hydrogens (tertiary/aromatic N) is 2. The number of furan rings is 1. The number of carbonyl (C=O) groups is 1. The summed E-state index contributed by atoms with van der Waals surface area (Å²) in [7, 11) is 0. The second-order valence-corrected chi connectivity index (χ2v) is 6.29. The lowest BCUT2D eigenvalue weighted by Gasteiger charge is -2.11. The molecule has 1 amide bonds. The van der Waals surface area contributed by atoms with E-state index in [1.54, 1.807) is 17.1 Å². The van der Waals surface area contributed by atoms with E-state index < -0.39 is 0 Å². The van der Waals surface area contributed by atoms with E-state index in [0.717, 1.165) is 28.0 Å². The lowest BCUT2D eigenvalue weighted by atomic mass is 10.1. The van der Waals surface area contributed by atoms with Crippen molar-refractivity contribution < 1.29 is 9.21 Å². The molecule has 2 heterocycles. The van der Waals surface area contributed by atoms with Crippen LogP contribution in [-0.2, 0) is 0 Å². The largest absolute Gasteiger partial charge is 0.459 e. The molecule has 0 saturated carbocycles. The number of nitrogens with one attached hydrogen (secondary N) is 1. The molecule has 130 valence electrons. The van der Waals surface area contributed by atoms with Crippen LogP contribution >= 0.6 is 0 Å². The van der Waals surface area contributed by atoms with Crippen LogP contribution in [0.15, 0.2) is 71.4 Å². The highest BCUT2D eigenvalue weighted by molar-refractivity contribution is 5.94. The van der Waals surface area contributed by atoms with Crippen molar-refractivity contribution in [1.29, 1.82) is 0 Å². The minimum Gasteiger partial charge on any atom is -0.459 e. The van der Waals surface area contributed by atoms with E-state index >= 15 is 0 Å². The van der Waals surface area contributed by atoms with Crippen LogP contribution in [0.4, 0.5) is 0 Å². The molecule has 1 N–H and O–H groups in total. The number of benzene rings is 2. The van der Waals surface area contributed by atoms with Crippen molar-refractivity contribution in [3.63, 3.8) is 0 Å². The molecule has 0 radical (unpaired) electrons. The first kappa shape index (κ1) is 16.1. The van der Waals surface area contributed by atoms with Crippen LogP contribution in [0, 0.1) is 6.92 Å². The number of aromatic nitrogens is 2. The van der Waals surface area contributed by atoms with Gasteiger partial charge in [0, 0.05) is 17.1 Å². The fraction of sp³-hybridized carbons (Fsp3) is 0.143. The molecule has 0 saturated heterocycles. The van der Waals surface area contributed by atoms with Crippen LogP contribution in [0.2, 0.25) is 0 Å². The molecule has 0 aliphatic heterocycles. The van der Waals surface area contributed by atoms with Gasteiger partial charge in [-0.25, -0.2) is 4.68 Å². The Morgan fingerprint density at radius 3 is 2.62 bits per heavy atom. The van der Waals surface area contributed by atoms with Crippen molar-refractivity contribution in [1.82, 2.24) is 15.1 Å². The van der Waals surface area contributed by atoms with Crippen molar-refractivity contribution in [2.45, 2.75) is 19.9 Å². The van der Waals surface area contributed by atoms with Gasteiger partial charge in [-0.1, -0.05) is 36.4 Å². The maximum atomic E-state index is 12.6. The van der Waals surface area contributed by atoms with E-state index in [4.69, 9.17) is 4.42 Å². The van der Waals surface area contributed by atoms with Crippen molar-refractivity contribution in [3.8, 4) is 5.69 Å². The minimum absolute atomic E-state index is 0.181. The van der Waals surface area contributed by atoms with Gasteiger partial charge in [0.1, 0.15) is 11.3 Å². The number of para-hydroxylation sites is 2. The van der Waals surface area contributed by atoms with E-state index in [9.17, 15) is 4.79 Å². The first-order valence-corrected chi connectivity index (χ1v) is 8.52. The van der Waals surface area contributed by atoms with Crippen molar-refractivity contribution in [2.75, 3.05) is 0 Å². The first-order valence-electron chi connectivity index (χ1n) is 8.52. The summed E-state index contributed by atoms with van der Waals surface area (Å²) in [6.45, 7) is 3.93. The number of fused-ring (bicyclic) bond motifs is 1. The third-order valence-corrected chi connectivity index (χ3v) is 4.49. The van der Waals surface area contributed by atoms with Crippen LogP contribution in [0.3, 0.4) is 0 Å². The minimum atomic E-state index is -0.241. The molecule has 0 fully saturated rings. The first-order chi connectivity index (χ1) is 12.6. The van der Waals surface area contributed by atoms with Crippen molar-refractivity contribution in [3.05, 3.63) is 83.9 Å². The fourth-order valence-electron chi connectivity index (χ4n) is 3.11. The highest BCUT2D eigenvalue weighted by atomic mass is 16.3. The van der Waals surface area contributed by atoms with Crippen LogP contribution in [-0.4, -0.2) is 15.7 Å². The summed E-state index contributed by atoms with van der Waals surface area (Å²) in [4.78, 5) is 12.6. The molecule has 5 heteroatoms. The smallest absolute Gasteiger partial charge is 0.255 e. The normalized spacial score (nSPS) is 12.2. The van der Waals surface area contributed by atoms with E-state index in [1.165, 1.54) is 0 Å². The predicted octanol–water partition coefficient (Wildman–Crippen LogP) is 4.42. The number of hydrogen-bond acceptors (Lipinski definition) is 3. The van der Waals surface area contributed by atoms with Gasteiger partial charge in [-0.3, -0.25) is 4.79 Å². The van der Waals surface area contributed by atoms with Gasteiger partial charge in [0.05, 0.1) is 23.5 Å². The summed E-state index contributed by atoms with van der Waals surface area (Å²) < 4.78 is 7.62. The molecule has 0 spiro atoms. The Morgan fingerprint density at radius 1 is 1.12 bits per heavy atom. The van der Waals surface area contributed by atoms with Gasteiger partial charge in [-0.2, -0.15) is 5.10 Å². The molecule has 1 atom stereocenters. The molecule has 0 aliphatic carbocycles. The summed E-state index contributed by atoms with van der Waals surface area (Å²) in [6, 6.07) is 17.3. The maximum Gasteiger partial charge on any atom is 0.255 e. The average Bonchev–Trinajstić information content (AvgIpc) is 3.28. The number of hydrogen-bond donors (Lipinski definition) is 1. The number of carbonyl (C=O) groups excluding carboxylic acids is 1. The highest BCUT2D eigenvalue weighted by Crippen LogP contribution is 2.29. The zero-order valence-corrected chi connectivity index (χ0v) is 14.6. The van der Waals surface area contributed by atoms with Crippen LogP contribution in [0.5, 0.6) is 0 Å². The molecular formula is C21H19N3O2. The Balaban J connectivity index is 1.54. The summed E-state index contributed by atoms with van der Waals surface area (Å²) in [6.07, 6.45) is 3.30. The van der Waals surface area contributed by atoms with Crippen molar-refractivity contribution in [2.24, 2.45) is 0 Å². The zero-order valence-electron chi connectivity index (χ0n) is 14.6. The highest BCUT2D eigenvalue weighted by Gasteiger charge is 2.19. The molecule has 26 heavy (non-hydrogen) atoms. The lowest BCUT2D eigenvalue weighted by Crippen LogP contribution is -2.26. The predicted molar refractivity (Wildman–Crippen MR) is 100 cm³/mol. The Labute approximate surface area is 151 Å². The van der Waals surface area contributed by atoms with Gasteiger partial charge in [0.2, 0.25) is 0 Å². The summed E-state index contributed by atoms with van der Waals surface area (Å²) in [5.74, 6) is 0.592. The molecule has 5 nitrogen and oxygen atoms in total.